The molecule has 0 spiro atoms. The Labute approximate surface area is 255 Å². The number of nitrogens with one attached hydrogen (secondary N) is 1. The van der Waals surface area contributed by atoms with Gasteiger partial charge in [-0.3, -0.25) is 18.5 Å². The lowest BCUT2D eigenvalue weighted by Gasteiger charge is -2.14. The van der Waals surface area contributed by atoms with E-state index in [1.54, 1.807) is 6.07 Å². The lowest BCUT2D eigenvalue weighted by Crippen LogP contribution is -2.15. The normalized spacial score (nSPS) is 13.1. The van der Waals surface area contributed by atoms with Gasteiger partial charge in [-0.25, -0.2) is 12.6 Å². The molecule has 0 saturated heterocycles. The standard InChI is InChI=1S/C24H21N3O14S4/c1-13(28)25-19-12-17(43(32,33)34)9-15-10-21(44(35,36)37)23(24(29)22(15)19)27-26-16-6-5-14-3-2-4-20(18(14)11-16)42(30,31)8-7-41-45(38,39)40/h2-6,9-12,29H,7-8H2,1H3,(H,25,28)(H,32,33,34)(H,35,36,37)(H,38,39,40)/b27-26+. The van der Waals surface area contributed by atoms with E-state index in [4.69, 9.17) is 4.55 Å². The van der Waals surface area contributed by atoms with Crippen LogP contribution in [0, 0.1) is 0 Å². The molecule has 5 N–H and O–H groups in total. The van der Waals surface area contributed by atoms with E-state index in [9.17, 15) is 52.7 Å². The first-order valence-corrected chi connectivity index (χ1v) is 17.9. The van der Waals surface area contributed by atoms with Gasteiger partial charge in [0.15, 0.2) is 15.6 Å². The summed E-state index contributed by atoms with van der Waals surface area (Å²) in [6, 6.07) is 10.4. The maximum absolute atomic E-state index is 12.9. The summed E-state index contributed by atoms with van der Waals surface area (Å²) in [6.45, 7) is 0.161. The minimum absolute atomic E-state index is 0.0734. The molecular formula is C24H21N3O14S4. The fraction of sp³-hybridized carbons (Fsp3) is 0.125. The molecule has 45 heavy (non-hydrogen) atoms. The number of carbonyl (C=O) groups is 1. The summed E-state index contributed by atoms with van der Waals surface area (Å²) >= 11 is 0. The minimum Gasteiger partial charge on any atom is -0.505 e. The third-order valence-corrected chi connectivity index (χ3v) is 9.91. The Kier molecular flexibility index (Phi) is 9.02. The highest BCUT2D eigenvalue weighted by Gasteiger charge is 2.26. The lowest BCUT2D eigenvalue weighted by atomic mass is 10.1. The second-order valence-electron chi connectivity index (χ2n) is 9.20. The van der Waals surface area contributed by atoms with Crippen LogP contribution in [-0.4, -0.2) is 70.7 Å². The fourth-order valence-electron chi connectivity index (χ4n) is 4.22. The molecule has 0 fully saturated rings. The van der Waals surface area contributed by atoms with Gasteiger partial charge in [-0.1, -0.05) is 18.2 Å². The summed E-state index contributed by atoms with van der Waals surface area (Å²) < 4.78 is 128. The van der Waals surface area contributed by atoms with E-state index in [0.29, 0.717) is 5.39 Å². The largest absolute Gasteiger partial charge is 0.505 e. The molecule has 240 valence electrons. The zero-order valence-electron chi connectivity index (χ0n) is 22.5. The molecule has 1 amide bonds. The third-order valence-electron chi connectivity index (χ3n) is 6.02. The minimum atomic E-state index is -5.18. The van der Waals surface area contributed by atoms with Crippen molar-refractivity contribution in [1.82, 2.24) is 0 Å². The predicted molar refractivity (Wildman–Crippen MR) is 157 cm³/mol. The van der Waals surface area contributed by atoms with E-state index in [-0.39, 0.29) is 32.4 Å². The number of rotatable bonds is 10. The Morgan fingerprint density at radius 2 is 1.51 bits per heavy atom. The van der Waals surface area contributed by atoms with E-state index >= 15 is 0 Å². The van der Waals surface area contributed by atoms with Crippen molar-refractivity contribution in [2.75, 3.05) is 17.7 Å². The van der Waals surface area contributed by atoms with Gasteiger partial charge < -0.3 is 10.4 Å². The number of sulfone groups is 1. The van der Waals surface area contributed by atoms with Gasteiger partial charge in [-0.05, 0) is 47.2 Å². The van der Waals surface area contributed by atoms with Crippen LogP contribution in [0.25, 0.3) is 21.5 Å². The molecule has 0 heterocycles. The van der Waals surface area contributed by atoms with Crippen LogP contribution in [0.15, 0.2) is 79.5 Å². The predicted octanol–water partition coefficient (Wildman–Crippen LogP) is 3.16. The van der Waals surface area contributed by atoms with Gasteiger partial charge in [0.1, 0.15) is 10.6 Å². The molecule has 0 saturated carbocycles. The number of phenolic OH excluding ortho intramolecular Hbond substituents is 1. The number of benzene rings is 4. The number of nitrogens with zero attached hydrogens (tertiary/aromatic N) is 2. The highest BCUT2D eigenvalue weighted by atomic mass is 32.3. The molecule has 0 aliphatic carbocycles. The second kappa shape index (κ2) is 12.0. The van der Waals surface area contributed by atoms with Crippen LogP contribution in [0.5, 0.6) is 5.75 Å². The summed E-state index contributed by atoms with van der Waals surface area (Å²) in [5.41, 5.74) is -1.31. The molecule has 0 bridgehead atoms. The summed E-state index contributed by atoms with van der Waals surface area (Å²) in [7, 11) is -19.2. The Balaban J connectivity index is 1.89. The SMILES string of the molecule is CC(=O)Nc1cc(S(=O)(=O)O)cc2cc(S(=O)(=O)O)c(/N=N/c3ccc4cccc(S(=O)(=O)CCOS(=O)(=O)O)c4c3)c(O)c12. The number of azo groups is 1. The fourth-order valence-corrected chi connectivity index (χ4v) is 7.14. The Hall–Kier alpha value is -4.09. The average molecular weight is 704 g/mol. The maximum Gasteiger partial charge on any atom is 0.397 e. The van der Waals surface area contributed by atoms with Crippen LogP contribution in [0.3, 0.4) is 0 Å². The van der Waals surface area contributed by atoms with Crippen molar-refractivity contribution >= 4 is 85.0 Å². The first kappa shape index (κ1) is 33.8. The number of hydrogen-bond acceptors (Lipinski definition) is 13. The molecule has 4 rings (SSSR count). The topological polar surface area (TPSA) is 281 Å². The number of carbonyl (C=O) groups excluding carboxylic acids is 1. The van der Waals surface area contributed by atoms with Crippen LogP contribution >= 0.6 is 0 Å². The third kappa shape index (κ3) is 7.77. The molecule has 4 aromatic carbocycles. The number of fused-ring (bicyclic) bond motifs is 2. The van der Waals surface area contributed by atoms with Gasteiger partial charge in [0.25, 0.3) is 20.2 Å². The van der Waals surface area contributed by atoms with Crippen LogP contribution in [0.4, 0.5) is 17.1 Å². The van der Waals surface area contributed by atoms with Crippen molar-refractivity contribution in [3.8, 4) is 5.75 Å². The Bertz CT molecular complexity index is 2360. The summed E-state index contributed by atoms with van der Waals surface area (Å²) in [5, 5.41) is 20.7. The number of hydrogen-bond donors (Lipinski definition) is 5. The van der Waals surface area contributed by atoms with Crippen molar-refractivity contribution < 1.29 is 61.4 Å². The van der Waals surface area contributed by atoms with Crippen molar-refractivity contribution in [3.05, 3.63) is 54.6 Å². The van der Waals surface area contributed by atoms with Gasteiger partial charge in [-0.2, -0.15) is 30.4 Å². The molecule has 0 aromatic heterocycles. The monoisotopic (exact) mass is 703 g/mol. The zero-order chi connectivity index (χ0) is 33.5. The number of anilines is 1. The van der Waals surface area contributed by atoms with E-state index in [1.807, 2.05) is 0 Å². The zero-order valence-corrected chi connectivity index (χ0v) is 25.8. The molecular weight excluding hydrogens is 683 g/mol. The maximum atomic E-state index is 12.9. The van der Waals surface area contributed by atoms with Crippen molar-refractivity contribution in [2.45, 2.75) is 21.6 Å². The molecule has 0 atom stereocenters. The summed E-state index contributed by atoms with van der Waals surface area (Å²) in [6.07, 6.45) is 0. The molecule has 17 nitrogen and oxygen atoms in total. The molecule has 0 unspecified atom stereocenters. The van der Waals surface area contributed by atoms with Crippen LogP contribution in [0.1, 0.15) is 6.92 Å². The average Bonchev–Trinajstić information content (AvgIpc) is 2.89. The van der Waals surface area contributed by atoms with E-state index in [1.165, 1.54) is 30.3 Å². The van der Waals surface area contributed by atoms with Gasteiger partial charge in [0, 0.05) is 17.7 Å². The molecule has 0 radical (unpaired) electrons. The smallest absolute Gasteiger partial charge is 0.397 e. The second-order valence-corrected chi connectivity index (χ2v) is 15.2. The molecule has 0 aliphatic heterocycles. The van der Waals surface area contributed by atoms with Crippen molar-refractivity contribution in [3.63, 3.8) is 0 Å². The highest BCUT2D eigenvalue weighted by Crippen LogP contribution is 2.45. The van der Waals surface area contributed by atoms with E-state index in [0.717, 1.165) is 25.1 Å². The molecule has 4 aromatic rings. The number of amides is 1. The summed E-state index contributed by atoms with van der Waals surface area (Å²) in [4.78, 5) is 9.69. The van der Waals surface area contributed by atoms with Gasteiger partial charge in [0.05, 0.1) is 33.5 Å². The molecule has 21 heteroatoms. The molecule has 0 aliphatic rings. The van der Waals surface area contributed by atoms with Crippen LogP contribution in [0.2, 0.25) is 0 Å². The van der Waals surface area contributed by atoms with Gasteiger partial charge in [-0.15, -0.1) is 5.11 Å². The van der Waals surface area contributed by atoms with E-state index < -0.39 is 80.0 Å². The van der Waals surface area contributed by atoms with E-state index in [2.05, 4.69) is 19.7 Å². The number of phenols is 1. The van der Waals surface area contributed by atoms with Crippen LogP contribution < -0.4 is 5.32 Å². The first-order chi connectivity index (χ1) is 20.7. The van der Waals surface area contributed by atoms with Gasteiger partial charge in [0.2, 0.25) is 5.91 Å². The Morgan fingerprint density at radius 1 is 0.822 bits per heavy atom. The quantitative estimate of drug-likeness (QED) is 0.117. The number of aromatic hydroxyl groups is 1. The van der Waals surface area contributed by atoms with Crippen molar-refractivity contribution in [1.29, 1.82) is 0 Å². The Morgan fingerprint density at radius 3 is 2.11 bits per heavy atom. The lowest BCUT2D eigenvalue weighted by molar-refractivity contribution is -0.114. The van der Waals surface area contributed by atoms with Gasteiger partial charge >= 0.3 is 10.4 Å². The van der Waals surface area contributed by atoms with Crippen molar-refractivity contribution in [2.24, 2.45) is 10.2 Å². The first-order valence-electron chi connectivity index (χ1n) is 12.0. The summed E-state index contributed by atoms with van der Waals surface area (Å²) in [5.74, 6) is -2.55. The highest BCUT2D eigenvalue weighted by molar-refractivity contribution is 7.91. The van der Waals surface area contributed by atoms with Crippen LogP contribution in [-0.2, 0) is 49.5 Å².